The van der Waals surface area contributed by atoms with Gasteiger partial charge in [0.1, 0.15) is 11.5 Å². The molecule has 4 rings (SSSR count). The number of ether oxygens (including phenoxy) is 3. The Morgan fingerprint density at radius 2 is 1.36 bits per heavy atom. The summed E-state index contributed by atoms with van der Waals surface area (Å²) >= 11 is 0. The first-order valence-electron chi connectivity index (χ1n) is 7.68. The molecule has 2 atom stereocenters. The van der Waals surface area contributed by atoms with Gasteiger partial charge in [-0.1, -0.05) is 18.2 Å². The number of hydrogen-bond donors (Lipinski definition) is 0. The lowest BCUT2D eigenvalue weighted by Crippen LogP contribution is -2.31. The van der Waals surface area contributed by atoms with Crippen molar-refractivity contribution in [1.29, 1.82) is 0 Å². The van der Waals surface area contributed by atoms with Crippen molar-refractivity contribution in [3.8, 4) is 11.5 Å². The van der Waals surface area contributed by atoms with Crippen LogP contribution in [-0.2, 0) is 9.47 Å². The van der Waals surface area contributed by atoms with Crippen molar-refractivity contribution in [1.82, 2.24) is 0 Å². The molecule has 2 aliphatic heterocycles. The summed E-state index contributed by atoms with van der Waals surface area (Å²) in [5.41, 5.74) is 1.19. The van der Waals surface area contributed by atoms with Gasteiger partial charge in [-0.3, -0.25) is 0 Å². The molecule has 2 fully saturated rings. The zero-order valence-corrected chi connectivity index (χ0v) is 12.4. The highest BCUT2D eigenvalue weighted by Crippen LogP contribution is 2.26. The summed E-state index contributed by atoms with van der Waals surface area (Å²) in [7, 11) is 0. The maximum atomic E-state index is 5.83. The van der Waals surface area contributed by atoms with E-state index in [0.717, 1.165) is 37.8 Å². The molecule has 0 aromatic heterocycles. The normalized spacial score (nSPS) is 22.2. The third-order valence-corrected chi connectivity index (χ3v) is 3.83. The molecule has 2 unspecified atom stereocenters. The predicted molar refractivity (Wildman–Crippen MR) is 84.7 cm³/mol. The van der Waals surface area contributed by atoms with E-state index in [-0.39, 0.29) is 0 Å². The average molecular weight is 297 g/mol. The lowest BCUT2D eigenvalue weighted by Gasteiger charge is -2.23. The highest BCUT2D eigenvalue weighted by atomic mass is 16.6. The highest BCUT2D eigenvalue weighted by Gasteiger charge is 2.30. The molecule has 0 spiro atoms. The van der Waals surface area contributed by atoms with E-state index in [2.05, 4.69) is 17.0 Å². The molecule has 4 nitrogen and oxygen atoms in total. The van der Waals surface area contributed by atoms with Gasteiger partial charge >= 0.3 is 0 Å². The molecule has 2 saturated heterocycles. The van der Waals surface area contributed by atoms with Crippen LogP contribution in [0.3, 0.4) is 0 Å². The Balaban J connectivity index is 1.44. The molecule has 4 heteroatoms. The van der Waals surface area contributed by atoms with Gasteiger partial charge in [0.05, 0.1) is 25.4 Å². The van der Waals surface area contributed by atoms with Crippen LogP contribution in [0.4, 0.5) is 5.69 Å². The summed E-state index contributed by atoms with van der Waals surface area (Å²) < 4.78 is 16.5. The molecule has 0 bridgehead atoms. The molecule has 2 aromatic carbocycles. The van der Waals surface area contributed by atoms with Crippen LogP contribution in [0.15, 0.2) is 54.6 Å². The van der Waals surface area contributed by atoms with Gasteiger partial charge in [-0.15, -0.1) is 0 Å². The molecular weight excluding hydrogens is 278 g/mol. The second kappa shape index (κ2) is 5.99. The molecule has 22 heavy (non-hydrogen) atoms. The van der Waals surface area contributed by atoms with Crippen molar-refractivity contribution in [3.05, 3.63) is 54.6 Å². The molecular formula is C18H19NO3. The van der Waals surface area contributed by atoms with Crippen LogP contribution < -0.4 is 9.64 Å². The quantitative estimate of drug-likeness (QED) is 0.736. The Hall–Kier alpha value is -2.04. The van der Waals surface area contributed by atoms with Crippen LogP contribution in [0.1, 0.15) is 0 Å². The molecule has 0 radical (unpaired) electrons. The molecule has 0 saturated carbocycles. The van der Waals surface area contributed by atoms with Gasteiger partial charge in [0.25, 0.3) is 0 Å². The van der Waals surface area contributed by atoms with Crippen molar-refractivity contribution in [2.75, 3.05) is 31.2 Å². The highest BCUT2D eigenvalue weighted by molar-refractivity contribution is 5.50. The first kappa shape index (κ1) is 13.6. The number of benzene rings is 2. The molecule has 114 valence electrons. The molecule has 2 aromatic rings. The summed E-state index contributed by atoms with van der Waals surface area (Å²) in [5.74, 6) is 1.70. The van der Waals surface area contributed by atoms with E-state index in [4.69, 9.17) is 14.2 Å². The number of rotatable bonds is 7. The molecule has 0 N–H and O–H groups in total. The topological polar surface area (TPSA) is 37.5 Å². The summed E-state index contributed by atoms with van der Waals surface area (Å²) in [6.45, 7) is 3.60. The van der Waals surface area contributed by atoms with Crippen LogP contribution in [0.25, 0.3) is 0 Å². The van der Waals surface area contributed by atoms with E-state index in [0.29, 0.717) is 12.2 Å². The van der Waals surface area contributed by atoms with Crippen molar-refractivity contribution >= 4 is 5.69 Å². The Morgan fingerprint density at radius 1 is 0.818 bits per heavy atom. The summed E-state index contributed by atoms with van der Waals surface area (Å²) in [5, 5.41) is 0. The average Bonchev–Trinajstić information content (AvgIpc) is 3.44. The molecule has 0 aliphatic carbocycles. The van der Waals surface area contributed by atoms with E-state index >= 15 is 0 Å². The zero-order valence-electron chi connectivity index (χ0n) is 12.4. The SMILES string of the molecule is c1ccc(Oc2ccc(N(CC3CO3)CC3CO3)cc2)cc1. The van der Waals surface area contributed by atoms with Gasteiger partial charge < -0.3 is 19.1 Å². The number of epoxide rings is 2. The fourth-order valence-electron chi connectivity index (χ4n) is 2.47. The van der Waals surface area contributed by atoms with Gasteiger partial charge in [0, 0.05) is 18.8 Å². The zero-order chi connectivity index (χ0) is 14.8. The van der Waals surface area contributed by atoms with Gasteiger partial charge in [0.2, 0.25) is 0 Å². The predicted octanol–water partition coefficient (Wildman–Crippen LogP) is 3.08. The Bertz CT molecular complexity index is 592. The lowest BCUT2D eigenvalue weighted by atomic mass is 10.2. The summed E-state index contributed by atoms with van der Waals surface area (Å²) in [4.78, 5) is 2.33. The second-order valence-electron chi connectivity index (χ2n) is 5.72. The number of nitrogens with zero attached hydrogens (tertiary/aromatic N) is 1. The first-order chi connectivity index (χ1) is 10.9. The monoisotopic (exact) mass is 297 g/mol. The lowest BCUT2D eigenvalue weighted by molar-refractivity contribution is 0.389. The Kier molecular flexibility index (Phi) is 3.70. The third-order valence-electron chi connectivity index (χ3n) is 3.83. The largest absolute Gasteiger partial charge is 0.457 e. The minimum atomic E-state index is 0.374. The van der Waals surface area contributed by atoms with Crippen molar-refractivity contribution in [2.45, 2.75) is 12.2 Å². The molecule has 2 aliphatic rings. The van der Waals surface area contributed by atoms with Crippen LogP contribution in [-0.4, -0.2) is 38.5 Å². The second-order valence-corrected chi connectivity index (χ2v) is 5.72. The van der Waals surface area contributed by atoms with Crippen LogP contribution >= 0.6 is 0 Å². The third kappa shape index (κ3) is 3.59. The van der Waals surface area contributed by atoms with E-state index in [9.17, 15) is 0 Å². The van der Waals surface area contributed by atoms with Crippen LogP contribution in [0, 0.1) is 0 Å². The maximum Gasteiger partial charge on any atom is 0.127 e. The number of anilines is 1. The van der Waals surface area contributed by atoms with E-state index in [1.165, 1.54) is 5.69 Å². The standard InChI is InChI=1S/C18H19NO3/c1-2-4-15(5-3-1)22-16-8-6-14(7-9-16)19(10-17-12-20-17)11-18-13-21-18/h1-9,17-18H,10-13H2. The minimum Gasteiger partial charge on any atom is -0.457 e. The first-order valence-corrected chi connectivity index (χ1v) is 7.68. The van der Waals surface area contributed by atoms with Crippen molar-refractivity contribution in [2.24, 2.45) is 0 Å². The molecule has 2 heterocycles. The smallest absolute Gasteiger partial charge is 0.127 e. The van der Waals surface area contributed by atoms with Crippen LogP contribution in [0.5, 0.6) is 11.5 Å². The van der Waals surface area contributed by atoms with Crippen molar-refractivity contribution in [3.63, 3.8) is 0 Å². The summed E-state index contributed by atoms with van der Waals surface area (Å²) in [6.07, 6.45) is 0.748. The van der Waals surface area contributed by atoms with Gasteiger partial charge in [-0.05, 0) is 36.4 Å². The summed E-state index contributed by atoms with van der Waals surface area (Å²) in [6, 6.07) is 18.0. The van der Waals surface area contributed by atoms with E-state index in [1.807, 2.05) is 42.5 Å². The van der Waals surface area contributed by atoms with E-state index < -0.39 is 0 Å². The Labute approximate surface area is 130 Å². The van der Waals surface area contributed by atoms with Gasteiger partial charge in [-0.2, -0.15) is 0 Å². The van der Waals surface area contributed by atoms with Gasteiger partial charge in [-0.25, -0.2) is 0 Å². The fraction of sp³-hybridized carbons (Fsp3) is 0.333. The maximum absolute atomic E-state index is 5.83. The fourth-order valence-corrected chi connectivity index (χ4v) is 2.47. The number of hydrogen-bond acceptors (Lipinski definition) is 4. The minimum absolute atomic E-state index is 0.374. The van der Waals surface area contributed by atoms with Gasteiger partial charge in [0.15, 0.2) is 0 Å². The number of para-hydroxylation sites is 1. The van der Waals surface area contributed by atoms with Crippen molar-refractivity contribution < 1.29 is 14.2 Å². The van der Waals surface area contributed by atoms with E-state index in [1.54, 1.807) is 0 Å². The molecule has 0 amide bonds. The van der Waals surface area contributed by atoms with Crippen LogP contribution in [0.2, 0.25) is 0 Å². The Morgan fingerprint density at radius 3 is 1.91 bits per heavy atom.